The molecule has 1 aromatic carbocycles. The van der Waals surface area contributed by atoms with Gasteiger partial charge in [-0.25, -0.2) is 0 Å². The zero-order valence-corrected chi connectivity index (χ0v) is 12.6. The van der Waals surface area contributed by atoms with Crippen molar-refractivity contribution < 1.29 is 9.21 Å². The second kappa shape index (κ2) is 7.31. The number of halogens is 1. The number of nitrogens with two attached hydrogens (primary N) is 1. The van der Waals surface area contributed by atoms with E-state index in [0.29, 0.717) is 19.4 Å². The van der Waals surface area contributed by atoms with Gasteiger partial charge in [0.25, 0.3) is 0 Å². The van der Waals surface area contributed by atoms with Gasteiger partial charge in [-0.15, -0.1) is 12.4 Å². The van der Waals surface area contributed by atoms with Gasteiger partial charge in [0.2, 0.25) is 5.91 Å². The van der Waals surface area contributed by atoms with Gasteiger partial charge in [-0.05, 0) is 26.3 Å². The molecule has 4 nitrogen and oxygen atoms in total. The van der Waals surface area contributed by atoms with Crippen LogP contribution < -0.4 is 11.1 Å². The number of hydrogen-bond donors (Lipinski definition) is 2. The minimum atomic E-state index is 0. The number of nitrogens with one attached hydrogen (secondary N) is 1. The van der Waals surface area contributed by atoms with E-state index in [1.165, 1.54) is 0 Å². The van der Waals surface area contributed by atoms with Crippen LogP contribution in [0.1, 0.15) is 31.1 Å². The van der Waals surface area contributed by atoms with Gasteiger partial charge in [0.05, 0.1) is 6.54 Å². The quantitative estimate of drug-likeness (QED) is 0.891. The molecule has 2 rings (SSSR count). The Balaban J connectivity index is 0.00000200. The Morgan fingerprint density at radius 3 is 2.75 bits per heavy atom. The molecule has 1 heterocycles. The van der Waals surface area contributed by atoms with Gasteiger partial charge in [0.1, 0.15) is 11.3 Å². The lowest BCUT2D eigenvalue weighted by Crippen LogP contribution is -2.25. The van der Waals surface area contributed by atoms with E-state index in [2.05, 4.69) is 5.32 Å². The molecule has 0 radical (unpaired) electrons. The molecule has 3 N–H and O–H groups in total. The van der Waals surface area contributed by atoms with Crippen molar-refractivity contribution in [3.8, 4) is 0 Å². The number of rotatable bonds is 5. The van der Waals surface area contributed by atoms with Gasteiger partial charge in [-0.3, -0.25) is 4.79 Å². The van der Waals surface area contributed by atoms with Gasteiger partial charge in [-0.2, -0.15) is 0 Å². The number of benzene rings is 1. The molecule has 0 spiro atoms. The van der Waals surface area contributed by atoms with Crippen LogP contribution in [-0.4, -0.2) is 11.9 Å². The fourth-order valence-corrected chi connectivity index (χ4v) is 2.02. The zero-order valence-electron chi connectivity index (χ0n) is 11.8. The van der Waals surface area contributed by atoms with Crippen molar-refractivity contribution in [1.29, 1.82) is 0 Å². The highest BCUT2D eigenvalue weighted by molar-refractivity contribution is 5.85. The standard InChI is InChI=1S/C15H20N2O2.ClH/c1-10(16)7-8-15(18)17-9-14-11(2)12-5-3-4-6-13(12)19-14;/h3-6,10H,7-9,16H2,1-2H3,(H,17,18);1H. The van der Waals surface area contributed by atoms with Crippen LogP contribution >= 0.6 is 12.4 Å². The first kappa shape index (κ1) is 16.5. The van der Waals surface area contributed by atoms with Gasteiger partial charge < -0.3 is 15.5 Å². The lowest BCUT2D eigenvalue weighted by Gasteiger charge is -2.06. The highest BCUT2D eigenvalue weighted by Crippen LogP contribution is 2.24. The highest BCUT2D eigenvalue weighted by Gasteiger charge is 2.11. The summed E-state index contributed by atoms with van der Waals surface area (Å²) in [5.74, 6) is 0.826. The molecule has 20 heavy (non-hydrogen) atoms. The van der Waals surface area contributed by atoms with Crippen LogP contribution in [-0.2, 0) is 11.3 Å². The Bertz CT molecular complexity index is 578. The molecule has 0 saturated carbocycles. The molecule has 5 heteroatoms. The molecule has 0 fully saturated rings. The highest BCUT2D eigenvalue weighted by atomic mass is 35.5. The maximum Gasteiger partial charge on any atom is 0.220 e. The number of carbonyl (C=O) groups is 1. The molecule has 1 atom stereocenters. The lowest BCUT2D eigenvalue weighted by molar-refractivity contribution is -0.121. The van der Waals surface area contributed by atoms with Crippen LogP contribution in [0.25, 0.3) is 11.0 Å². The van der Waals surface area contributed by atoms with Crippen molar-refractivity contribution in [1.82, 2.24) is 5.32 Å². The maximum atomic E-state index is 11.6. The third-order valence-corrected chi connectivity index (χ3v) is 3.22. The largest absolute Gasteiger partial charge is 0.459 e. The van der Waals surface area contributed by atoms with E-state index in [1.807, 2.05) is 38.1 Å². The molecular weight excluding hydrogens is 276 g/mol. The van der Waals surface area contributed by atoms with Gasteiger partial charge in [0, 0.05) is 23.4 Å². The molecule has 1 aromatic heterocycles. The summed E-state index contributed by atoms with van der Waals surface area (Å²) < 4.78 is 5.74. The summed E-state index contributed by atoms with van der Waals surface area (Å²) in [5.41, 5.74) is 7.57. The molecule has 0 aliphatic carbocycles. The smallest absolute Gasteiger partial charge is 0.220 e. The van der Waals surface area contributed by atoms with Gasteiger partial charge in [0.15, 0.2) is 0 Å². The summed E-state index contributed by atoms with van der Waals surface area (Å²) in [4.78, 5) is 11.6. The first-order valence-electron chi connectivity index (χ1n) is 6.57. The molecule has 1 amide bonds. The minimum absolute atomic E-state index is 0. The SMILES string of the molecule is Cc1c(CNC(=O)CCC(C)N)oc2ccccc12.Cl. The summed E-state index contributed by atoms with van der Waals surface area (Å²) in [5, 5.41) is 3.97. The molecule has 0 bridgehead atoms. The van der Waals surface area contributed by atoms with Crippen molar-refractivity contribution >= 4 is 29.3 Å². The summed E-state index contributed by atoms with van der Waals surface area (Å²) in [6.07, 6.45) is 1.15. The van der Waals surface area contributed by atoms with Gasteiger partial charge >= 0.3 is 0 Å². The number of amides is 1. The monoisotopic (exact) mass is 296 g/mol. The maximum absolute atomic E-state index is 11.6. The Labute approximate surface area is 125 Å². The number of para-hydroxylation sites is 1. The third kappa shape index (κ3) is 3.99. The number of fused-ring (bicyclic) bond motifs is 1. The van der Waals surface area contributed by atoms with E-state index in [-0.39, 0.29) is 24.4 Å². The van der Waals surface area contributed by atoms with E-state index in [0.717, 1.165) is 22.3 Å². The summed E-state index contributed by atoms with van der Waals surface area (Å²) in [6.45, 7) is 4.34. The van der Waals surface area contributed by atoms with E-state index in [4.69, 9.17) is 10.2 Å². The van der Waals surface area contributed by atoms with Crippen LogP contribution in [0.4, 0.5) is 0 Å². The molecule has 0 aliphatic rings. The van der Waals surface area contributed by atoms with E-state index in [9.17, 15) is 4.79 Å². The number of hydrogen-bond acceptors (Lipinski definition) is 3. The molecule has 2 aromatic rings. The van der Waals surface area contributed by atoms with Gasteiger partial charge in [-0.1, -0.05) is 18.2 Å². The van der Waals surface area contributed by atoms with Crippen LogP contribution in [0.3, 0.4) is 0 Å². The Morgan fingerprint density at radius 1 is 1.40 bits per heavy atom. The van der Waals surface area contributed by atoms with E-state index in [1.54, 1.807) is 0 Å². The first-order chi connectivity index (χ1) is 9.08. The molecule has 110 valence electrons. The molecule has 0 saturated heterocycles. The van der Waals surface area contributed by atoms with E-state index < -0.39 is 0 Å². The predicted molar refractivity (Wildman–Crippen MR) is 82.9 cm³/mol. The Morgan fingerprint density at radius 2 is 2.10 bits per heavy atom. The summed E-state index contributed by atoms with van der Waals surface area (Å²) in [7, 11) is 0. The average Bonchev–Trinajstić information content (AvgIpc) is 2.71. The normalized spacial score (nSPS) is 11.9. The molecule has 0 aliphatic heterocycles. The second-order valence-electron chi connectivity index (χ2n) is 4.94. The third-order valence-electron chi connectivity index (χ3n) is 3.22. The van der Waals surface area contributed by atoms with Crippen LogP contribution in [0, 0.1) is 6.92 Å². The Kier molecular flexibility index (Phi) is 6.05. The summed E-state index contributed by atoms with van der Waals surface area (Å²) in [6, 6.07) is 7.93. The molecule has 1 unspecified atom stereocenters. The topological polar surface area (TPSA) is 68.3 Å². The Hall–Kier alpha value is -1.52. The van der Waals surface area contributed by atoms with Crippen molar-refractivity contribution in [2.24, 2.45) is 5.73 Å². The fraction of sp³-hybridized carbons (Fsp3) is 0.400. The number of furan rings is 1. The van der Waals surface area contributed by atoms with Crippen molar-refractivity contribution in [2.45, 2.75) is 39.3 Å². The van der Waals surface area contributed by atoms with Crippen LogP contribution in [0.5, 0.6) is 0 Å². The zero-order chi connectivity index (χ0) is 13.8. The first-order valence-corrected chi connectivity index (χ1v) is 6.57. The average molecular weight is 297 g/mol. The fourth-order valence-electron chi connectivity index (χ4n) is 2.02. The number of carbonyl (C=O) groups excluding carboxylic acids is 1. The van der Waals surface area contributed by atoms with Crippen LogP contribution in [0.15, 0.2) is 28.7 Å². The minimum Gasteiger partial charge on any atom is -0.459 e. The van der Waals surface area contributed by atoms with Crippen molar-refractivity contribution in [3.05, 3.63) is 35.6 Å². The predicted octanol–water partition coefficient (Wildman–Crippen LogP) is 2.91. The lowest BCUT2D eigenvalue weighted by atomic mass is 10.1. The molecular formula is C15H21ClN2O2. The van der Waals surface area contributed by atoms with Crippen LogP contribution in [0.2, 0.25) is 0 Å². The second-order valence-corrected chi connectivity index (χ2v) is 4.94. The van der Waals surface area contributed by atoms with Crippen molar-refractivity contribution in [3.63, 3.8) is 0 Å². The number of aryl methyl sites for hydroxylation is 1. The van der Waals surface area contributed by atoms with Crippen molar-refractivity contribution in [2.75, 3.05) is 0 Å². The summed E-state index contributed by atoms with van der Waals surface area (Å²) >= 11 is 0. The van der Waals surface area contributed by atoms with E-state index >= 15 is 0 Å².